The Hall–Kier alpha value is -9.76. The number of fused-ring (bicyclic) bond motifs is 17. The highest BCUT2D eigenvalue weighted by molar-refractivity contribution is 6.22. The molecule has 0 saturated heterocycles. The molecule has 0 fully saturated rings. The van der Waals surface area contributed by atoms with Gasteiger partial charge < -0.3 is 9.80 Å². The largest absolute Gasteiger partial charge is 0.310 e. The zero-order valence-electron chi connectivity index (χ0n) is 42.2. The van der Waals surface area contributed by atoms with Crippen LogP contribution in [0.15, 0.2) is 292 Å². The van der Waals surface area contributed by atoms with Crippen LogP contribution in [0.25, 0.3) is 71.3 Å². The summed E-state index contributed by atoms with van der Waals surface area (Å²) in [7, 11) is 0. The Bertz CT molecular complexity index is 4240. The van der Waals surface area contributed by atoms with E-state index in [0.29, 0.717) is 0 Å². The van der Waals surface area contributed by atoms with Crippen LogP contribution in [0.3, 0.4) is 0 Å². The van der Waals surface area contributed by atoms with Gasteiger partial charge in [-0.25, -0.2) is 0 Å². The van der Waals surface area contributed by atoms with Crippen molar-refractivity contribution in [3.8, 4) is 33.4 Å². The molecule has 2 nitrogen and oxygen atoms in total. The summed E-state index contributed by atoms with van der Waals surface area (Å²) in [5, 5.41) is 7.44. The van der Waals surface area contributed by atoms with E-state index in [1.54, 1.807) is 0 Å². The summed E-state index contributed by atoms with van der Waals surface area (Å²) >= 11 is 0. The van der Waals surface area contributed by atoms with Gasteiger partial charge in [0.05, 0.1) is 5.41 Å². The number of nitrogens with zero attached hydrogens (tertiary/aromatic N) is 2. The van der Waals surface area contributed by atoms with E-state index in [1.165, 1.54) is 88.0 Å². The number of allylic oxidation sites excluding steroid dienone is 5. The van der Waals surface area contributed by atoms with Crippen molar-refractivity contribution < 1.29 is 0 Å². The van der Waals surface area contributed by atoms with Crippen molar-refractivity contribution >= 4 is 72.0 Å². The minimum absolute atomic E-state index is 0.617. The number of rotatable bonds is 10. The molecule has 14 rings (SSSR count). The van der Waals surface area contributed by atoms with Gasteiger partial charge in [-0.3, -0.25) is 0 Å². The lowest BCUT2D eigenvalue weighted by Crippen LogP contribution is -2.26. The molecule has 2 aliphatic carbocycles. The fraction of sp³-hybridized carbons (Fsp3) is 0.0270. The lowest BCUT2D eigenvalue weighted by molar-refractivity contribution is 0.809. The molecule has 0 bridgehead atoms. The van der Waals surface area contributed by atoms with Gasteiger partial charge in [-0.2, -0.15) is 0 Å². The SMILES string of the molecule is C=C/C=C(\C=C/C)c1ccc(N(c2ccccc2)c2ccc3c4c(ccc3c2)-c2c(c3ccc(N(c5ccccc5)c5ccc(-c6ccccc6)cc5)cc3c3ccccc23)C42c3ccccc3-c3ccccc32)cc1. The van der Waals surface area contributed by atoms with Gasteiger partial charge >= 0.3 is 0 Å². The number of anilines is 6. The first-order valence-electron chi connectivity index (χ1n) is 26.3. The second kappa shape index (κ2) is 18.3. The second-order valence-electron chi connectivity index (χ2n) is 19.9. The van der Waals surface area contributed by atoms with Crippen molar-refractivity contribution in [3.63, 3.8) is 0 Å². The van der Waals surface area contributed by atoms with Gasteiger partial charge in [-0.05, 0) is 179 Å². The van der Waals surface area contributed by atoms with Crippen molar-refractivity contribution in [1.82, 2.24) is 0 Å². The van der Waals surface area contributed by atoms with Gasteiger partial charge in [-0.1, -0.05) is 219 Å². The molecule has 2 heteroatoms. The van der Waals surface area contributed by atoms with E-state index in [4.69, 9.17) is 0 Å². The fourth-order valence-corrected chi connectivity index (χ4v) is 12.8. The molecule has 0 N–H and O–H groups in total. The van der Waals surface area contributed by atoms with E-state index in [1.807, 2.05) is 6.08 Å². The molecule has 0 unspecified atom stereocenters. The first kappa shape index (κ1) is 44.9. The molecule has 358 valence electrons. The van der Waals surface area contributed by atoms with E-state index in [2.05, 4.69) is 302 Å². The van der Waals surface area contributed by atoms with E-state index in [9.17, 15) is 0 Å². The summed E-state index contributed by atoms with van der Waals surface area (Å²) in [6.07, 6.45) is 8.12. The molecule has 0 saturated carbocycles. The van der Waals surface area contributed by atoms with E-state index in [0.717, 1.165) is 45.3 Å². The maximum Gasteiger partial charge on any atom is 0.0737 e. The monoisotopic (exact) mass is 968 g/mol. The molecule has 0 aromatic heterocycles. The summed E-state index contributed by atoms with van der Waals surface area (Å²) in [5.74, 6) is 0. The summed E-state index contributed by atoms with van der Waals surface area (Å²) < 4.78 is 0. The van der Waals surface area contributed by atoms with Crippen LogP contribution < -0.4 is 9.80 Å². The molecule has 2 aliphatic rings. The zero-order valence-corrected chi connectivity index (χ0v) is 42.2. The van der Waals surface area contributed by atoms with E-state index < -0.39 is 5.41 Å². The average Bonchev–Trinajstić information content (AvgIpc) is 4.20. The lowest BCUT2D eigenvalue weighted by atomic mass is 9.68. The Morgan fingerprint density at radius 3 is 1.50 bits per heavy atom. The second-order valence-corrected chi connectivity index (χ2v) is 19.9. The maximum absolute atomic E-state index is 3.98. The van der Waals surface area contributed by atoms with Crippen LogP contribution in [0.4, 0.5) is 34.1 Å². The molecule has 1 spiro atoms. The first-order valence-corrected chi connectivity index (χ1v) is 26.3. The van der Waals surface area contributed by atoms with Gasteiger partial charge in [0.2, 0.25) is 0 Å². The Morgan fingerprint density at radius 2 is 0.882 bits per heavy atom. The molecule has 0 atom stereocenters. The standard InChI is InChI=1S/C74H52N2/c1-3-20-50(21-4-2)52-34-39-57(40-35-52)75(55-24-10-6-11-25-55)59-43-46-61-54(48-59)38-45-67-71-65-31-15-14-28-62(65)68-49-60(76(56-26-12-7-13-27-56)58-41-36-53(37-42-58)51-22-8-5-9-23-51)44-47-66(68)73(71)74(72(61)67)69-32-18-16-29-63(69)64-30-17-19-33-70(64)74/h3-49H,1H2,2H3/b21-4-,50-20+. The van der Waals surface area contributed by atoms with Crippen LogP contribution in [0.5, 0.6) is 0 Å². The van der Waals surface area contributed by atoms with Crippen molar-refractivity contribution in [1.29, 1.82) is 0 Å². The molecular weight excluding hydrogens is 917 g/mol. The van der Waals surface area contributed by atoms with Crippen LogP contribution >= 0.6 is 0 Å². The predicted molar refractivity (Wildman–Crippen MR) is 323 cm³/mol. The third-order valence-corrected chi connectivity index (χ3v) is 15.9. The highest BCUT2D eigenvalue weighted by atomic mass is 15.1. The van der Waals surface area contributed by atoms with Crippen LogP contribution in [-0.2, 0) is 5.41 Å². The smallest absolute Gasteiger partial charge is 0.0737 e. The topological polar surface area (TPSA) is 6.48 Å². The van der Waals surface area contributed by atoms with Crippen LogP contribution in [0, 0.1) is 0 Å². The normalized spacial score (nSPS) is 13.0. The van der Waals surface area contributed by atoms with Gasteiger partial charge in [0, 0.05) is 34.1 Å². The summed E-state index contributed by atoms with van der Waals surface area (Å²) in [4.78, 5) is 4.78. The Labute approximate surface area is 444 Å². The fourth-order valence-electron chi connectivity index (χ4n) is 12.8. The minimum Gasteiger partial charge on any atom is -0.310 e. The highest BCUT2D eigenvalue weighted by Crippen LogP contribution is 2.67. The van der Waals surface area contributed by atoms with Crippen molar-refractivity contribution in [2.75, 3.05) is 9.80 Å². The molecule has 0 amide bonds. The van der Waals surface area contributed by atoms with Gasteiger partial charge in [-0.15, -0.1) is 0 Å². The molecular formula is C74H52N2. The number of benzene rings is 12. The average molecular weight is 969 g/mol. The number of hydrogen-bond donors (Lipinski definition) is 0. The lowest BCUT2D eigenvalue weighted by Gasteiger charge is -2.33. The van der Waals surface area contributed by atoms with Crippen LogP contribution in [-0.4, -0.2) is 0 Å². The molecule has 0 aliphatic heterocycles. The van der Waals surface area contributed by atoms with Crippen molar-refractivity contribution in [2.45, 2.75) is 12.3 Å². The maximum atomic E-state index is 3.98. The quantitative estimate of drug-likeness (QED) is 0.0995. The van der Waals surface area contributed by atoms with Crippen LogP contribution in [0.2, 0.25) is 0 Å². The third kappa shape index (κ3) is 6.95. The van der Waals surface area contributed by atoms with Crippen molar-refractivity contribution in [3.05, 3.63) is 320 Å². The molecule has 76 heavy (non-hydrogen) atoms. The Morgan fingerprint density at radius 1 is 0.382 bits per heavy atom. The highest BCUT2D eigenvalue weighted by Gasteiger charge is 2.53. The third-order valence-electron chi connectivity index (χ3n) is 15.9. The zero-order chi connectivity index (χ0) is 50.7. The van der Waals surface area contributed by atoms with Crippen LogP contribution in [0.1, 0.15) is 34.7 Å². The molecule has 0 radical (unpaired) electrons. The molecule has 12 aromatic carbocycles. The summed E-state index contributed by atoms with van der Waals surface area (Å²) in [6, 6.07) is 96.7. The van der Waals surface area contributed by atoms with E-state index in [-0.39, 0.29) is 0 Å². The Kier molecular flexibility index (Phi) is 10.8. The first-order chi connectivity index (χ1) is 37.6. The minimum atomic E-state index is -0.617. The van der Waals surface area contributed by atoms with Gasteiger partial charge in [0.25, 0.3) is 0 Å². The molecule has 0 heterocycles. The summed E-state index contributed by atoms with van der Waals surface area (Å²) in [5.41, 5.74) is 21.2. The summed E-state index contributed by atoms with van der Waals surface area (Å²) in [6.45, 7) is 6.03. The number of hydrogen-bond acceptors (Lipinski definition) is 2. The molecule has 12 aromatic rings. The Balaban J connectivity index is 1.00. The van der Waals surface area contributed by atoms with E-state index >= 15 is 0 Å². The van der Waals surface area contributed by atoms with Crippen molar-refractivity contribution in [2.24, 2.45) is 0 Å². The number of para-hydroxylation sites is 2. The van der Waals surface area contributed by atoms with Gasteiger partial charge in [0.1, 0.15) is 0 Å². The van der Waals surface area contributed by atoms with Gasteiger partial charge in [0.15, 0.2) is 0 Å². The predicted octanol–water partition coefficient (Wildman–Crippen LogP) is 20.2.